The Morgan fingerprint density at radius 1 is 0.955 bits per heavy atom. The second-order valence-corrected chi connectivity index (χ2v) is 6.95. The summed E-state index contributed by atoms with van der Waals surface area (Å²) in [6.07, 6.45) is 5.16. The normalized spacial score (nSPS) is 24.5. The number of benzene rings is 2. The van der Waals surface area contributed by atoms with E-state index in [1.54, 1.807) is 11.1 Å². The summed E-state index contributed by atoms with van der Waals surface area (Å²) in [6.45, 7) is 2.27. The third-order valence-electron chi connectivity index (χ3n) is 5.34. The topological polar surface area (TPSA) is 29.3 Å². The van der Waals surface area contributed by atoms with E-state index < -0.39 is 0 Å². The Hall–Kier alpha value is -1.80. The van der Waals surface area contributed by atoms with Gasteiger partial charge in [-0.25, -0.2) is 0 Å². The average molecular weight is 292 g/mol. The van der Waals surface area contributed by atoms with E-state index in [-0.39, 0.29) is 0 Å². The lowest BCUT2D eigenvalue weighted by Crippen LogP contribution is -2.46. The zero-order valence-electron chi connectivity index (χ0n) is 13.0. The minimum atomic E-state index is 0.680. The van der Waals surface area contributed by atoms with Gasteiger partial charge in [0.1, 0.15) is 0 Å². The lowest BCUT2D eigenvalue weighted by molar-refractivity contribution is 0.0938. The summed E-state index contributed by atoms with van der Waals surface area (Å²) in [4.78, 5) is 2.69. The van der Waals surface area contributed by atoms with Crippen LogP contribution in [0.5, 0.6) is 0 Å². The number of nitrogens with two attached hydrogens (primary N) is 1. The highest BCUT2D eigenvalue weighted by Crippen LogP contribution is 2.33. The summed E-state index contributed by atoms with van der Waals surface area (Å²) in [6, 6.07) is 18.1. The van der Waals surface area contributed by atoms with Gasteiger partial charge in [0.2, 0.25) is 0 Å². The zero-order chi connectivity index (χ0) is 14.9. The summed E-state index contributed by atoms with van der Waals surface area (Å²) in [5.74, 6) is 0.804. The van der Waals surface area contributed by atoms with Crippen LogP contribution in [0.4, 0.5) is 5.69 Å². The molecule has 1 aliphatic carbocycles. The van der Waals surface area contributed by atoms with Crippen molar-refractivity contribution in [3.8, 4) is 0 Å². The molecule has 0 unspecified atom stereocenters. The third-order valence-corrected chi connectivity index (χ3v) is 5.34. The number of anilines is 1. The minimum Gasteiger partial charge on any atom is -0.399 e. The smallest absolute Gasteiger partial charge is 0.0317 e. The molecule has 2 aliphatic heterocycles. The first-order chi connectivity index (χ1) is 10.8. The first-order valence-corrected chi connectivity index (χ1v) is 8.43. The number of hydrogen-bond acceptors (Lipinski definition) is 2. The number of nitrogen functional groups attached to an aromatic ring is 1. The van der Waals surface area contributed by atoms with Crippen molar-refractivity contribution in [1.82, 2.24) is 4.90 Å². The Morgan fingerprint density at radius 2 is 1.77 bits per heavy atom. The monoisotopic (exact) mass is 292 g/mol. The molecule has 114 valence electrons. The van der Waals surface area contributed by atoms with E-state index in [0.717, 1.165) is 18.2 Å². The second kappa shape index (κ2) is 5.77. The second-order valence-electron chi connectivity index (χ2n) is 6.95. The molecule has 2 nitrogen and oxygen atoms in total. The Labute approximate surface area is 132 Å². The van der Waals surface area contributed by atoms with Crippen LogP contribution in [0.25, 0.3) is 0 Å². The molecule has 0 saturated carbocycles. The van der Waals surface area contributed by atoms with Gasteiger partial charge in [-0.15, -0.1) is 0 Å². The molecule has 2 bridgehead atoms. The number of hydrogen-bond donors (Lipinski definition) is 1. The highest BCUT2D eigenvalue weighted by atomic mass is 15.2. The van der Waals surface area contributed by atoms with E-state index in [0.29, 0.717) is 6.04 Å². The van der Waals surface area contributed by atoms with Gasteiger partial charge in [-0.05, 0) is 60.4 Å². The van der Waals surface area contributed by atoms with Crippen LogP contribution in [0.2, 0.25) is 0 Å². The quantitative estimate of drug-likeness (QED) is 0.856. The molecule has 1 fully saturated rings. The molecule has 2 heteroatoms. The van der Waals surface area contributed by atoms with Gasteiger partial charge in [-0.3, -0.25) is 4.90 Å². The molecular weight excluding hydrogens is 268 g/mol. The fourth-order valence-electron chi connectivity index (χ4n) is 4.22. The highest BCUT2D eigenvalue weighted by molar-refractivity contribution is 5.40. The van der Waals surface area contributed by atoms with Gasteiger partial charge in [0.15, 0.2) is 0 Å². The summed E-state index contributed by atoms with van der Waals surface area (Å²) < 4.78 is 0. The van der Waals surface area contributed by atoms with E-state index in [2.05, 4.69) is 47.4 Å². The predicted molar refractivity (Wildman–Crippen MR) is 91.6 cm³/mol. The molecule has 2 aromatic rings. The van der Waals surface area contributed by atoms with Crippen LogP contribution in [0.15, 0.2) is 48.5 Å². The van der Waals surface area contributed by atoms with Gasteiger partial charge < -0.3 is 5.73 Å². The predicted octanol–water partition coefficient (Wildman–Crippen LogP) is 3.65. The molecule has 2 N–H and O–H groups in total. The molecule has 5 rings (SSSR count). The molecule has 1 saturated heterocycles. The Morgan fingerprint density at radius 3 is 2.59 bits per heavy atom. The number of nitrogens with zero attached hydrogens (tertiary/aromatic N) is 1. The first-order valence-electron chi connectivity index (χ1n) is 8.43. The summed E-state index contributed by atoms with van der Waals surface area (Å²) in [5, 5.41) is 0. The van der Waals surface area contributed by atoms with Crippen molar-refractivity contribution in [2.24, 2.45) is 5.92 Å². The highest BCUT2D eigenvalue weighted by Gasteiger charge is 2.31. The molecule has 2 atom stereocenters. The van der Waals surface area contributed by atoms with E-state index >= 15 is 0 Å². The lowest BCUT2D eigenvalue weighted by atomic mass is 9.80. The van der Waals surface area contributed by atoms with Crippen LogP contribution < -0.4 is 5.73 Å². The minimum absolute atomic E-state index is 0.680. The van der Waals surface area contributed by atoms with Crippen molar-refractivity contribution < 1.29 is 0 Å². The van der Waals surface area contributed by atoms with Gasteiger partial charge in [-0.2, -0.15) is 0 Å². The van der Waals surface area contributed by atoms with Crippen LogP contribution in [0, 0.1) is 5.92 Å². The summed E-state index contributed by atoms with van der Waals surface area (Å²) in [7, 11) is 0. The molecule has 0 spiro atoms. The fraction of sp³-hybridized carbons (Fsp3) is 0.400. The molecule has 2 aromatic carbocycles. The fourth-order valence-corrected chi connectivity index (χ4v) is 4.22. The zero-order valence-corrected chi connectivity index (χ0v) is 13.0. The van der Waals surface area contributed by atoms with Crippen LogP contribution in [0.1, 0.15) is 29.5 Å². The summed E-state index contributed by atoms with van der Waals surface area (Å²) >= 11 is 0. The van der Waals surface area contributed by atoms with Gasteiger partial charge in [0.05, 0.1) is 0 Å². The van der Waals surface area contributed by atoms with Crippen molar-refractivity contribution in [1.29, 1.82) is 0 Å². The maximum Gasteiger partial charge on any atom is 0.0317 e. The molecular formula is C20H24N2. The molecule has 3 aliphatic rings. The van der Waals surface area contributed by atoms with Gasteiger partial charge in [0.25, 0.3) is 0 Å². The average Bonchev–Trinajstić information content (AvgIpc) is 2.48. The van der Waals surface area contributed by atoms with E-state index in [4.69, 9.17) is 5.73 Å². The third kappa shape index (κ3) is 2.76. The van der Waals surface area contributed by atoms with Crippen molar-refractivity contribution in [3.05, 3.63) is 65.2 Å². The van der Waals surface area contributed by atoms with Crippen molar-refractivity contribution in [3.63, 3.8) is 0 Å². The van der Waals surface area contributed by atoms with Crippen molar-refractivity contribution >= 4 is 5.69 Å². The van der Waals surface area contributed by atoms with Crippen molar-refractivity contribution in [2.75, 3.05) is 12.3 Å². The molecule has 0 radical (unpaired) electrons. The lowest BCUT2D eigenvalue weighted by Gasteiger charge is -2.42. The van der Waals surface area contributed by atoms with Gasteiger partial charge in [-0.1, -0.05) is 36.4 Å². The number of rotatable bonds is 2. The van der Waals surface area contributed by atoms with Crippen molar-refractivity contribution in [2.45, 2.75) is 38.3 Å². The van der Waals surface area contributed by atoms with Gasteiger partial charge >= 0.3 is 0 Å². The van der Waals surface area contributed by atoms with E-state index in [1.165, 1.54) is 37.8 Å². The summed E-state index contributed by atoms with van der Waals surface area (Å²) in [5.41, 5.74) is 11.3. The van der Waals surface area contributed by atoms with Gasteiger partial charge in [0, 0.05) is 24.8 Å². The Balaban J connectivity index is 1.58. The van der Waals surface area contributed by atoms with Crippen LogP contribution in [0.3, 0.4) is 0 Å². The Bertz CT molecular complexity index is 664. The Kier molecular flexibility index (Phi) is 3.63. The van der Waals surface area contributed by atoms with E-state index in [9.17, 15) is 0 Å². The van der Waals surface area contributed by atoms with Crippen LogP contribution >= 0.6 is 0 Å². The molecule has 0 amide bonds. The first kappa shape index (κ1) is 13.8. The maximum absolute atomic E-state index is 5.94. The standard InChI is InChI=1S/C20H24N2/c21-19-7-3-4-15(11-19)13-22-14-16-8-9-20(22)12-18-6-2-1-5-17(18)10-16/h1-7,11,16,20H,8-10,12-14,21H2/t16-,20+/m0/s1. The maximum atomic E-state index is 5.94. The number of piperidine rings is 1. The molecule has 0 aromatic heterocycles. The number of fused-ring (bicyclic) bond motifs is 2. The largest absolute Gasteiger partial charge is 0.399 e. The SMILES string of the molecule is Nc1cccc(CN2C[C@H]3CC[C@@H]2Cc2ccccc2C3)c1. The molecule has 22 heavy (non-hydrogen) atoms. The van der Waals surface area contributed by atoms with Crippen LogP contribution in [-0.4, -0.2) is 17.5 Å². The molecule has 2 heterocycles. The van der Waals surface area contributed by atoms with Crippen LogP contribution in [-0.2, 0) is 19.4 Å². The van der Waals surface area contributed by atoms with E-state index in [1.807, 2.05) is 6.07 Å².